The van der Waals surface area contributed by atoms with E-state index in [2.05, 4.69) is 36.2 Å². The van der Waals surface area contributed by atoms with Crippen LogP contribution in [0.4, 0.5) is 0 Å². The van der Waals surface area contributed by atoms with Gasteiger partial charge >= 0.3 is 0 Å². The molecule has 2 unspecified atom stereocenters. The second-order valence-corrected chi connectivity index (χ2v) is 4.25. The molecule has 2 heterocycles. The first-order valence-corrected chi connectivity index (χ1v) is 5.28. The molecule has 0 spiro atoms. The summed E-state index contributed by atoms with van der Waals surface area (Å²) < 4.78 is 5.99. The Morgan fingerprint density at radius 1 is 1.36 bits per heavy atom. The first-order chi connectivity index (χ1) is 6.84. The van der Waals surface area contributed by atoms with Crippen LogP contribution in [-0.4, -0.2) is 24.7 Å². The van der Waals surface area contributed by atoms with Gasteiger partial charge in [-0.2, -0.15) is 0 Å². The lowest BCUT2D eigenvalue weighted by Gasteiger charge is -2.42. The van der Waals surface area contributed by atoms with Gasteiger partial charge in [-0.05, 0) is 24.6 Å². The zero-order valence-corrected chi connectivity index (χ0v) is 8.44. The highest BCUT2D eigenvalue weighted by Gasteiger charge is 2.33. The number of benzene rings is 1. The Bertz CT molecular complexity index is 350. The largest absolute Gasteiger partial charge is 0.355 e. The monoisotopic (exact) mass is 189 g/mol. The van der Waals surface area contributed by atoms with Crippen molar-refractivity contribution in [3.05, 3.63) is 35.4 Å². The topological polar surface area (TPSA) is 12.5 Å². The summed E-state index contributed by atoms with van der Waals surface area (Å²) in [5, 5.41) is 0. The molecule has 2 nitrogen and oxygen atoms in total. The Morgan fingerprint density at radius 3 is 3.14 bits per heavy atom. The van der Waals surface area contributed by atoms with Crippen LogP contribution in [0.3, 0.4) is 0 Å². The summed E-state index contributed by atoms with van der Waals surface area (Å²) in [7, 11) is 2.15. The van der Waals surface area contributed by atoms with E-state index in [1.54, 1.807) is 0 Å². The van der Waals surface area contributed by atoms with Crippen molar-refractivity contribution in [3.63, 3.8) is 0 Å². The summed E-state index contributed by atoms with van der Waals surface area (Å²) in [6, 6.07) is 8.68. The standard InChI is InChI=1S/C12H15NO/c1-13-7-6-11-10-5-3-2-4-9(10)8-12(13)14-11/h2-5,11-12H,6-8H2,1H3. The van der Waals surface area contributed by atoms with Crippen LogP contribution in [0, 0.1) is 0 Å². The van der Waals surface area contributed by atoms with Crippen LogP contribution >= 0.6 is 0 Å². The van der Waals surface area contributed by atoms with E-state index in [0.29, 0.717) is 12.3 Å². The van der Waals surface area contributed by atoms with Crippen LogP contribution in [0.25, 0.3) is 0 Å². The van der Waals surface area contributed by atoms with E-state index in [9.17, 15) is 0 Å². The zero-order valence-electron chi connectivity index (χ0n) is 8.44. The maximum atomic E-state index is 5.99. The quantitative estimate of drug-likeness (QED) is 0.618. The van der Waals surface area contributed by atoms with E-state index in [1.807, 2.05) is 0 Å². The van der Waals surface area contributed by atoms with E-state index >= 15 is 0 Å². The molecule has 2 aliphatic rings. The van der Waals surface area contributed by atoms with E-state index in [0.717, 1.165) is 19.4 Å². The molecule has 74 valence electrons. The van der Waals surface area contributed by atoms with Gasteiger partial charge in [-0.3, -0.25) is 4.90 Å². The molecule has 0 amide bonds. The van der Waals surface area contributed by atoms with Crippen LogP contribution < -0.4 is 0 Å². The predicted octanol–water partition coefficient (Wildman–Crippen LogP) is 1.96. The molecule has 2 bridgehead atoms. The third-order valence-corrected chi connectivity index (χ3v) is 3.35. The maximum Gasteiger partial charge on any atom is 0.115 e. The van der Waals surface area contributed by atoms with Crippen LogP contribution in [0.5, 0.6) is 0 Å². The second-order valence-electron chi connectivity index (χ2n) is 4.25. The Kier molecular flexibility index (Phi) is 1.85. The number of fused-ring (bicyclic) bond motifs is 4. The molecule has 1 fully saturated rings. The summed E-state index contributed by atoms with van der Waals surface area (Å²) in [6.45, 7) is 1.16. The minimum atomic E-state index is 0.309. The molecule has 0 radical (unpaired) electrons. The van der Waals surface area contributed by atoms with Gasteiger partial charge in [0.05, 0.1) is 6.10 Å². The highest BCUT2D eigenvalue weighted by molar-refractivity contribution is 5.32. The van der Waals surface area contributed by atoms with Gasteiger partial charge in [0.1, 0.15) is 6.23 Å². The van der Waals surface area contributed by atoms with Gasteiger partial charge in [-0.15, -0.1) is 0 Å². The van der Waals surface area contributed by atoms with E-state index < -0.39 is 0 Å². The number of likely N-dealkylation sites (N-methyl/N-ethyl adjacent to an activating group) is 1. The number of nitrogens with zero attached hydrogens (tertiary/aromatic N) is 1. The molecular weight excluding hydrogens is 174 g/mol. The number of hydrogen-bond donors (Lipinski definition) is 0. The highest BCUT2D eigenvalue weighted by Crippen LogP contribution is 2.36. The van der Waals surface area contributed by atoms with Gasteiger partial charge in [-0.1, -0.05) is 24.3 Å². The lowest BCUT2D eigenvalue weighted by Crippen LogP contribution is -2.45. The molecule has 1 aromatic carbocycles. The van der Waals surface area contributed by atoms with Crippen molar-refractivity contribution in [3.8, 4) is 0 Å². The fourth-order valence-corrected chi connectivity index (χ4v) is 2.48. The SMILES string of the molecule is CN1CCC2OC1Cc1ccccc12. The Labute approximate surface area is 84.5 Å². The lowest BCUT2D eigenvalue weighted by molar-refractivity contribution is -0.140. The van der Waals surface area contributed by atoms with Crippen LogP contribution in [0.15, 0.2) is 24.3 Å². The van der Waals surface area contributed by atoms with Crippen molar-refractivity contribution in [2.45, 2.75) is 25.2 Å². The number of rotatable bonds is 0. The summed E-state index contributed by atoms with van der Waals surface area (Å²) in [4.78, 5) is 2.31. The van der Waals surface area contributed by atoms with Crippen molar-refractivity contribution in [2.75, 3.05) is 13.6 Å². The number of ether oxygens (including phenoxy) is 1. The first-order valence-electron chi connectivity index (χ1n) is 5.28. The van der Waals surface area contributed by atoms with Crippen molar-refractivity contribution in [2.24, 2.45) is 0 Å². The van der Waals surface area contributed by atoms with Crippen molar-refractivity contribution >= 4 is 0 Å². The molecule has 1 saturated heterocycles. The molecule has 2 aliphatic heterocycles. The lowest BCUT2D eigenvalue weighted by atomic mass is 9.92. The fraction of sp³-hybridized carbons (Fsp3) is 0.500. The van der Waals surface area contributed by atoms with Crippen molar-refractivity contribution < 1.29 is 4.74 Å². The molecule has 1 aromatic rings. The first kappa shape index (κ1) is 8.45. The third-order valence-electron chi connectivity index (χ3n) is 3.35. The van der Waals surface area contributed by atoms with E-state index in [4.69, 9.17) is 4.74 Å². The summed E-state index contributed by atoms with van der Waals surface area (Å²) in [5.41, 5.74) is 2.89. The molecule has 3 rings (SSSR count). The average Bonchev–Trinajstić information content (AvgIpc) is 2.24. The molecule has 0 N–H and O–H groups in total. The molecule has 0 saturated carbocycles. The Balaban J connectivity index is 2.02. The zero-order chi connectivity index (χ0) is 9.54. The average molecular weight is 189 g/mol. The fourth-order valence-electron chi connectivity index (χ4n) is 2.48. The Hall–Kier alpha value is -0.860. The van der Waals surface area contributed by atoms with E-state index in [1.165, 1.54) is 11.1 Å². The Morgan fingerprint density at radius 2 is 2.21 bits per heavy atom. The molecule has 0 aliphatic carbocycles. The van der Waals surface area contributed by atoms with Crippen LogP contribution in [0.2, 0.25) is 0 Å². The van der Waals surface area contributed by atoms with Crippen molar-refractivity contribution in [1.82, 2.24) is 4.90 Å². The van der Waals surface area contributed by atoms with Crippen molar-refractivity contribution in [1.29, 1.82) is 0 Å². The van der Waals surface area contributed by atoms with Gasteiger partial charge in [0.25, 0.3) is 0 Å². The molecule has 0 aromatic heterocycles. The predicted molar refractivity (Wildman–Crippen MR) is 55.0 cm³/mol. The van der Waals surface area contributed by atoms with Crippen LogP contribution in [0.1, 0.15) is 23.7 Å². The summed E-state index contributed by atoms with van der Waals surface area (Å²) in [5.74, 6) is 0. The smallest absolute Gasteiger partial charge is 0.115 e. The summed E-state index contributed by atoms with van der Waals surface area (Å²) >= 11 is 0. The normalized spacial score (nSPS) is 31.2. The van der Waals surface area contributed by atoms with Gasteiger partial charge in [0, 0.05) is 13.0 Å². The second kappa shape index (κ2) is 3.07. The third kappa shape index (κ3) is 1.18. The van der Waals surface area contributed by atoms with Gasteiger partial charge in [0.2, 0.25) is 0 Å². The maximum absolute atomic E-state index is 5.99. The minimum absolute atomic E-state index is 0.309. The molecule has 2 heteroatoms. The highest BCUT2D eigenvalue weighted by atomic mass is 16.5. The molecular formula is C12H15NO. The van der Waals surface area contributed by atoms with Gasteiger partial charge < -0.3 is 4.74 Å². The van der Waals surface area contributed by atoms with E-state index in [-0.39, 0.29) is 0 Å². The number of hydrogen-bond acceptors (Lipinski definition) is 2. The van der Waals surface area contributed by atoms with Crippen LogP contribution in [-0.2, 0) is 11.2 Å². The minimum Gasteiger partial charge on any atom is -0.355 e. The molecule has 2 atom stereocenters. The van der Waals surface area contributed by atoms with Gasteiger partial charge in [0.15, 0.2) is 0 Å². The van der Waals surface area contributed by atoms with Gasteiger partial charge in [-0.25, -0.2) is 0 Å². The summed E-state index contributed by atoms with van der Waals surface area (Å²) in [6.07, 6.45) is 2.83. The molecule has 14 heavy (non-hydrogen) atoms.